The normalized spacial score (nSPS) is 23.6. The summed E-state index contributed by atoms with van der Waals surface area (Å²) >= 11 is 0. The van der Waals surface area contributed by atoms with Gasteiger partial charge < -0.3 is 15.2 Å². The summed E-state index contributed by atoms with van der Waals surface area (Å²) in [5, 5.41) is 0. The maximum atomic E-state index is 5.83. The molecule has 0 aromatic heterocycles. The molecule has 2 unspecified atom stereocenters. The summed E-state index contributed by atoms with van der Waals surface area (Å²) in [5.74, 6) is 3.03. The van der Waals surface area contributed by atoms with Gasteiger partial charge >= 0.3 is 0 Å². The predicted molar refractivity (Wildman–Crippen MR) is 82.3 cm³/mol. The third-order valence-electron chi connectivity index (χ3n) is 3.80. The van der Waals surface area contributed by atoms with Crippen LogP contribution in [-0.2, 0) is 0 Å². The van der Waals surface area contributed by atoms with E-state index in [1.54, 1.807) is 13.2 Å². The van der Waals surface area contributed by atoms with Crippen LogP contribution in [-0.4, -0.2) is 38.3 Å². The molecular weight excluding hydrogens is 252 g/mol. The van der Waals surface area contributed by atoms with Gasteiger partial charge in [0, 0.05) is 31.4 Å². The van der Waals surface area contributed by atoms with Gasteiger partial charge in [0.15, 0.2) is 11.5 Å². The summed E-state index contributed by atoms with van der Waals surface area (Å²) in [4.78, 5) is 2.49. The molecule has 112 valence electrons. The number of likely N-dealkylation sites (tertiary alicyclic amines) is 1. The van der Waals surface area contributed by atoms with Crippen LogP contribution in [0.15, 0.2) is 18.2 Å². The fourth-order valence-corrected chi connectivity index (χ4v) is 3.06. The lowest BCUT2D eigenvalue weighted by Crippen LogP contribution is -2.40. The molecule has 0 saturated carbocycles. The molecule has 1 saturated heterocycles. The van der Waals surface area contributed by atoms with Crippen LogP contribution in [0.25, 0.3) is 0 Å². The van der Waals surface area contributed by atoms with Gasteiger partial charge in [-0.25, -0.2) is 0 Å². The minimum Gasteiger partial charge on any atom is -0.493 e. The number of hydrogen-bond acceptors (Lipinski definition) is 4. The topological polar surface area (TPSA) is 47.7 Å². The molecule has 0 radical (unpaired) electrons. The van der Waals surface area contributed by atoms with Gasteiger partial charge in [0.05, 0.1) is 7.11 Å². The lowest BCUT2D eigenvalue weighted by Gasteiger charge is -2.34. The molecule has 1 aromatic rings. The van der Waals surface area contributed by atoms with E-state index >= 15 is 0 Å². The maximum Gasteiger partial charge on any atom is 0.162 e. The number of hydrogen-bond donors (Lipinski definition) is 1. The molecule has 20 heavy (non-hydrogen) atoms. The standard InChI is InChI=1S/C16H26N2O2/c1-12-8-13(2)11-18(10-12)6-7-20-15-5-4-14(17)9-16(15)19-3/h4-5,9,12-13H,6-8,10-11,17H2,1-3H3. The summed E-state index contributed by atoms with van der Waals surface area (Å²) in [5.41, 5.74) is 6.42. The van der Waals surface area contributed by atoms with E-state index in [4.69, 9.17) is 15.2 Å². The molecular formula is C16H26N2O2. The van der Waals surface area contributed by atoms with Gasteiger partial charge in [0.2, 0.25) is 0 Å². The van der Waals surface area contributed by atoms with Crippen molar-refractivity contribution in [1.82, 2.24) is 4.90 Å². The van der Waals surface area contributed by atoms with E-state index in [2.05, 4.69) is 18.7 Å². The number of anilines is 1. The number of ether oxygens (including phenoxy) is 2. The summed E-state index contributed by atoms with van der Waals surface area (Å²) in [6.45, 7) is 8.64. The molecule has 1 aromatic carbocycles. The highest BCUT2D eigenvalue weighted by molar-refractivity contribution is 5.51. The Labute approximate surface area is 121 Å². The summed E-state index contributed by atoms with van der Waals surface area (Å²) in [6.07, 6.45) is 1.34. The van der Waals surface area contributed by atoms with Gasteiger partial charge in [-0.3, -0.25) is 4.90 Å². The van der Waals surface area contributed by atoms with Crippen LogP contribution >= 0.6 is 0 Å². The molecule has 4 nitrogen and oxygen atoms in total. The molecule has 0 spiro atoms. The Bertz CT molecular complexity index is 426. The number of nitrogen functional groups attached to an aromatic ring is 1. The molecule has 1 aliphatic heterocycles. The highest BCUT2D eigenvalue weighted by Crippen LogP contribution is 2.29. The lowest BCUT2D eigenvalue weighted by molar-refractivity contribution is 0.120. The smallest absolute Gasteiger partial charge is 0.162 e. The zero-order chi connectivity index (χ0) is 14.5. The Morgan fingerprint density at radius 3 is 2.55 bits per heavy atom. The molecule has 1 heterocycles. The second-order valence-corrected chi connectivity index (χ2v) is 5.96. The predicted octanol–water partition coefficient (Wildman–Crippen LogP) is 2.63. The van der Waals surface area contributed by atoms with Crippen molar-refractivity contribution < 1.29 is 9.47 Å². The van der Waals surface area contributed by atoms with Crippen LogP contribution in [0.2, 0.25) is 0 Å². The number of nitrogens with two attached hydrogens (primary N) is 1. The molecule has 2 N–H and O–H groups in total. The molecule has 1 fully saturated rings. The lowest BCUT2D eigenvalue weighted by atomic mass is 9.92. The first-order valence-corrected chi connectivity index (χ1v) is 7.37. The van der Waals surface area contributed by atoms with Crippen LogP contribution < -0.4 is 15.2 Å². The minimum atomic E-state index is 0.680. The first-order chi connectivity index (χ1) is 9.58. The van der Waals surface area contributed by atoms with Crippen LogP contribution in [0.1, 0.15) is 20.3 Å². The van der Waals surface area contributed by atoms with Crippen molar-refractivity contribution in [3.05, 3.63) is 18.2 Å². The fraction of sp³-hybridized carbons (Fsp3) is 0.625. The van der Waals surface area contributed by atoms with Crippen molar-refractivity contribution in [1.29, 1.82) is 0 Å². The highest BCUT2D eigenvalue weighted by Gasteiger charge is 2.21. The number of methoxy groups -OCH3 is 1. The minimum absolute atomic E-state index is 0.680. The summed E-state index contributed by atoms with van der Waals surface area (Å²) in [7, 11) is 1.63. The summed E-state index contributed by atoms with van der Waals surface area (Å²) < 4.78 is 11.1. The van der Waals surface area contributed by atoms with E-state index in [0.717, 1.165) is 24.1 Å². The third kappa shape index (κ3) is 4.04. The Kier molecular flexibility index (Phi) is 5.12. The van der Waals surface area contributed by atoms with Gasteiger partial charge in [0.1, 0.15) is 6.61 Å². The monoisotopic (exact) mass is 278 g/mol. The van der Waals surface area contributed by atoms with Gasteiger partial charge in [-0.05, 0) is 30.4 Å². The average molecular weight is 278 g/mol. The Hall–Kier alpha value is -1.42. The average Bonchev–Trinajstić information content (AvgIpc) is 2.39. The zero-order valence-corrected chi connectivity index (χ0v) is 12.8. The van der Waals surface area contributed by atoms with Crippen molar-refractivity contribution >= 4 is 5.69 Å². The third-order valence-corrected chi connectivity index (χ3v) is 3.80. The molecule has 2 atom stereocenters. The highest BCUT2D eigenvalue weighted by atomic mass is 16.5. The van der Waals surface area contributed by atoms with E-state index in [1.165, 1.54) is 19.5 Å². The van der Waals surface area contributed by atoms with Gasteiger partial charge in [-0.1, -0.05) is 13.8 Å². The van der Waals surface area contributed by atoms with Crippen molar-refractivity contribution in [2.75, 3.05) is 39.1 Å². The van der Waals surface area contributed by atoms with Crippen molar-refractivity contribution in [2.24, 2.45) is 11.8 Å². The van der Waals surface area contributed by atoms with E-state index in [0.29, 0.717) is 18.0 Å². The molecule has 0 bridgehead atoms. The van der Waals surface area contributed by atoms with Crippen LogP contribution in [0, 0.1) is 11.8 Å². The Balaban J connectivity index is 1.83. The van der Waals surface area contributed by atoms with Crippen molar-refractivity contribution in [3.63, 3.8) is 0 Å². The SMILES string of the molecule is COc1cc(N)ccc1OCCN1CC(C)CC(C)C1. The van der Waals surface area contributed by atoms with E-state index < -0.39 is 0 Å². The summed E-state index contributed by atoms with van der Waals surface area (Å²) in [6, 6.07) is 5.50. The van der Waals surface area contributed by atoms with E-state index in [1.807, 2.05) is 12.1 Å². The van der Waals surface area contributed by atoms with E-state index in [-0.39, 0.29) is 0 Å². The van der Waals surface area contributed by atoms with Crippen LogP contribution in [0.3, 0.4) is 0 Å². The Morgan fingerprint density at radius 2 is 1.90 bits per heavy atom. The zero-order valence-electron chi connectivity index (χ0n) is 12.8. The van der Waals surface area contributed by atoms with Gasteiger partial charge in [0.25, 0.3) is 0 Å². The van der Waals surface area contributed by atoms with Crippen LogP contribution in [0.5, 0.6) is 11.5 Å². The molecule has 0 amide bonds. The molecule has 0 aliphatic carbocycles. The molecule has 1 aliphatic rings. The van der Waals surface area contributed by atoms with Crippen LogP contribution in [0.4, 0.5) is 5.69 Å². The second kappa shape index (κ2) is 6.84. The van der Waals surface area contributed by atoms with Crippen molar-refractivity contribution in [2.45, 2.75) is 20.3 Å². The van der Waals surface area contributed by atoms with Gasteiger partial charge in [-0.15, -0.1) is 0 Å². The Morgan fingerprint density at radius 1 is 1.20 bits per heavy atom. The molecule has 2 rings (SSSR count). The quantitative estimate of drug-likeness (QED) is 0.841. The fourth-order valence-electron chi connectivity index (χ4n) is 3.06. The van der Waals surface area contributed by atoms with E-state index in [9.17, 15) is 0 Å². The van der Waals surface area contributed by atoms with Crippen molar-refractivity contribution in [3.8, 4) is 11.5 Å². The molecule has 4 heteroatoms. The maximum absolute atomic E-state index is 5.83. The number of nitrogens with zero attached hydrogens (tertiary/aromatic N) is 1. The first kappa shape index (κ1) is 15.0. The number of benzene rings is 1. The number of piperidine rings is 1. The van der Waals surface area contributed by atoms with Gasteiger partial charge in [-0.2, -0.15) is 0 Å². The number of rotatable bonds is 5. The second-order valence-electron chi connectivity index (χ2n) is 5.96. The largest absolute Gasteiger partial charge is 0.493 e. The first-order valence-electron chi connectivity index (χ1n) is 7.37.